The summed E-state index contributed by atoms with van der Waals surface area (Å²) in [4.78, 5) is 5.14. The van der Waals surface area contributed by atoms with Crippen LogP contribution in [0.15, 0.2) is 224 Å². The highest BCUT2D eigenvalue weighted by molar-refractivity contribution is 6.21. The second-order valence-electron chi connectivity index (χ2n) is 21.2. The predicted octanol–water partition coefficient (Wildman–Crippen LogP) is 21.5. The fourth-order valence-electron chi connectivity index (χ4n) is 12.0. The van der Waals surface area contributed by atoms with Crippen LogP contribution in [0.5, 0.6) is 0 Å². The molecule has 76 heavy (non-hydrogen) atoms. The minimum Gasteiger partial charge on any atom is -0.256 e. The van der Waals surface area contributed by atoms with Crippen LogP contribution in [-0.2, 0) is 17.3 Å². The van der Waals surface area contributed by atoms with E-state index in [-0.39, 0.29) is 10.8 Å². The van der Waals surface area contributed by atoms with Crippen LogP contribution < -0.4 is 0 Å². The van der Waals surface area contributed by atoms with Crippen LogP contribution in [0.4, 0.5) is 0 Å². The van der Waals surface area contributed by atoms with Crippen molar-refractivity contribution in [3.8, 4) is 55.8 Å². The maximum atomic E-state index is 5.14. The van der Waals surface area contributed by atoms with Gasteiger partial charge in [-0.3, -0.25) is 4.98 Å². The first-order chi connectivity index (χ1) is 36.9. The number of rotatable bonds is 8. The van der Waals surface area contributed by atoms with Gasteiger partial charge in [0.2, 0.25) is 0 Å². The molecular formula is C75H75N. The third-order valence-electron chi connectivity index (χ3n) is 15.8. The Hall–Kier alpha value is -7.87. The highest BCUT2D eigenvalue weighted by Gasteiger charge is 2.37. The molecule has 0 bridgehead atoms. The molecule has 0 saturated heterocycles. The number of nitrogens with zero attached hydrogens (tertiary/aromatic N) is 1. The van der Waals surface area contributed by atoms with E-state index in [2.05, 4.69) is 268 Å². The van der Waals surface area contributed by atoms with Crippen LogP contribution in [0.25, 0.3) is 82.9 Å². The minimum atomic E-state index is -0.0134. The first-order valence-electron chi connectivity index (χ1n) is 27.8. The summed E-state index contributed by atoms with van der Waals surface area (Å²) in [6.07, 6.45) is 7.39. The van der Waals surface area contributed by atoms with E-state index in [1.807, 2.05) is 33.9 Å². The molecule has 0 spiro atoms. The monoisotopic (exact) mass is 990 g/mol. The average Bonchev–Trinajstić information content (AvgIpc) is 3.85. The van der Waals surface area contributed by atoms with Gasteiger partial charge in [0.25, 0.3) is 0 Å². The molecule has 0 aliphatic heterocycles. The lowest BCUT2D eigenvalue weighted by Crippen LogP contribution is -2.16. The number of hydrogen-bond acceptors (Lipinski definition) is 1. The fourth-order valence-corrected chi connectivity index (χ4v) is 12.0. The van der Waals surface area contributed by atoms with Gasteiger partial charge in [-0.05, 0) is 149 Å². The van der Waals surface area contributed by atoms with Crippen molar-refractivity contribution in [1.29, 1.82) is 0 Å². The van der Waals surface area contributed by atoms with Crippen LogP contribution in [0.3, 0.4) is 0 Å². The first kappa shape index (κ1) is 53.0. The van der Waals surface area contributed by atoms with Crippen LogP contribution >= 0.6 is 0 Å². The molecule has 0 fully saturated rings. The Kier molecular flexibility index (Phi) is 15.7. The zero-order valence-corrected chi connectivity index (χ0v) is 47.0. The Bertz CT molecular complexity index is 3650. The molecule has 1 heteroatoms. The fraction of sp³-hybridized carbons (Fsp3) is 0.213. The topological polar surface area (TPSA) is 12.9 Å². The number of allylic oxidation sites excluding steroid dienone is 4. The maximum Gasteiger partial charge on any atom is 0.0714 e. The van der Waals surface area contributed by atoms with E-state index < -0.39 is 0 Å². The molecule has 2 aliphatic carbocycles. The summed E-state index contributed by atoms with van der Waals surface area (Å²) in [6, 6.07) is 73.3. The third-order valence-corrected chi connectivity index (χ3v) is 15.8. The number of aromatic nitrogens is 1. The Morgan fingerprint density at radius 1 is 0.434 bits per heavy atom. The maximum absolute atomic E-state index is 5.14. The predicted molar refractivity (Wildman–Crippen MR) is 331 cm³/mol. The lowest BCUT2D eigenvalue weighted by Gasteiger charge is -2.23. The van der Waals surface area contributed by atoms with Crippen LogP contribution in [0.1, 0.15) is 128 Å². The molecule has 1 heterocycles. The van der Waals surface area contributed by atoms with Crippen molar-refractivity contribution in [2.75, 3.05) is 0 Å². The highest BCUT2D eigenvalue weighted by Crippen LogP contribution is 2.51. The van der Waals surface area contributed by atoms with E-state index in [0.717, 1.165) is 23.2 Å². The second kappa shape index (κ2) is 22.5. The number of fused-ring (bicyclic) bond motifs is 6. The molecular weight excluding hydrogens is 915 g/mol. The summed E-state index contributed by atoms with van der Waals surface area (Å²) in [5.41, 5.74) is 25.1. The lowest BCUT2D eigenvalue weighted by atomic mass is 9.80. The average molecular weight is 990 g/mol. The number of pyridine rings is 1. The number of benzene rings is 9. The van der Waals surface area contributed by atoms with E-state index in [1.54, 1.807) is 0 Å². The van der Waals surface area contributed by atoms with Crippen molar-refractivity contribution in [3.63, 3.8) is 0 Å². The van der Waals surface area contributed by atoms with Crippen molar-refractivity contribution >= 4 is 27.1 Å². The van der Waals surface area contributed by atoms with Crippen LogP contribution in [-0.4, -0.2) is 4.98 Å². The zero-order chi connectivity index (χ0) is 53.7. The third kappa shape index (κ3) is 9.81. The van der Waals surface area contributed by atoms with E-state index in [0.29, 0.717) is 5.92 Å². The van der Waals surface area contributed by atoms with Crippen molar-refractivity contribution < 1.29 is 0 Å². The summed E-state index contributed by atoms with van der Waals surface area (Å²) < 4.78 is 0. The number of hydrogen-bond donors (Lipinski definition) is 0. The van der Waals surface area contributed by atoms with Crippen molar-refractivity contribution in [2.45, 2.75) is 106 Å². The van der Waals surface area contributed by atoms with Gasteiger partial charge in [-0.2, -0.15) is 0 Å². The molecule has 0 atom stereocenters. The second-order valence-corrected chi connectivity index (χ2v) is 21.2. The van der Waals surface area contributed by atoms with Crippen molar-refractivity contribution in [2.24, 2.45) is 0 Å². The quantitative estimate of drug-likeness (QED) is 0.138. The largest absolute Gasteiger partial charge is 0.256 e. The van der Waals surface area contributed by atoms with Gasteiger partial charge >= 0.3 is 0 Å². The Balaban J connectivity index is 0.000000270. The molecule has 0 N–H and O–H groups in total. The van der Waals surface area contributed by atoms with Crippen LogP contribution in [0.2, 0.25) is 0 Å². The lowest BCUT2D eigenvalue weighted by molar-refractivity contribution is 0.652. The molecule has 10 aromatic rings. The first-order valence-corrected chi connectivity index (χ1v) is 27.8. The molecule has 1 nitrogen and oxygen atoms in total. The van der Waals surface area contributed by atoms with Crippen molar-refractivity contribution in [1.82, 2.24) is 4.98 Å². The summed E-state index contributed by atoms with van der Waals surface area (Å²) in [5.74, 6) is 0.579. The molecule has 12 rings (SSSR count). The van der Waals surface area contributed by atoms with E-state index in [4.69, 9.17) is 4.98 Å². The molecule has 380 valence electrons. The van der Waals surface area contributed by atoms with Gasteiger partial charge in [0.1, 0.15) is 0 Å². The molecule has 9 aromatic carbocycles. The highest BCUT2D eigenvalue weighted by atomic mass is 14.7. The summed E-state index contributed by atoms with van der Waals surface area (Å²) in [5, 5.41) is 4.90. The van der Waals surface area contributed by atoms with Gasteiger partial charge in [-0.1, -0.05) is 269 Å². The molecule has 0 amide bonds. The van der Waals surface area contributed by atoms with E-state index in [9.17, 15) is 0 Å². The summed E-state index contributed by atoms with van der Waals surface area (Å²) in [7, 11) is 0. The molecule has 0 radical (unpaired) electrons. The minimum absolute atomic E-state index is 0.0134. The van der Waals surface area contributed by atoms with E-state index >= 15 is 0 Å². The SMILES string of the molecule is C/C=C\C1=C(C)c2c(C(C)C)cccc2C1(C)C.CC.CC.CC1(C)c2ccccc2-c2ccc(-c3ccc(-c4ccc(-c5c6ccccc6c(-c6ccc(Cc7ccccc7)cc6)c6ccccc56)nc4)cc3)cc21. The molecule has 0 saturated carbocycles. The van der Waals surface area contributed by atoms with E-state index in [1.165, 1.54) is 111 Å². The Morgan fingerprint density at radius 3 is 1.53 bits per heavy atom. The molecule has 0 unspecified atom stereocenters. The molecule has 2 aliphatic rings. The van der Waals surface area contributed by atoms with Gasteiger partial charge < -0.3 is 0 Å². The summed E-state index contributed by atoms with van der Waals surface area (Å²) in [6.45, 7) is 26.3. The van der Waals surface area contributed by atoms with Gasteiger partial charge in [0.05, 0.1) is 5.69 Å². The molecule has 1 aromatic heterocycles. The van der Waals surface area contributed by atoms with Crippen molar-refractivity contribution in [3.05, 3.63) is 263 Å². The van der Waals surface area contributed by atoms with Gasteiger partial charge in [0.15, 0.2) is 0 Å². The zero-order valence-electron chi connectivity index (χ0n) is 47.0. The van der Waals surface area contributed by atoms with Gasteiger partial charge in [-0.25, -0.2) is 0 Å². The normalized spacial score (nSPS) is 13.5. The standard InChI is InChI=1S/C53H39N.C18H24.2C2H6/c1-53(2)48-19-11-10-14-42(48)43-30-28-40(33-49(43)53)37-24-26-38(27-25-37)41-29-31-50(54-34-41)52-46-17-8-6-15-44(46)51(45-16-7-9-18-47(45)52)39-22-20-36(21-23-39)32-35-12-4-3-5-13-35;1-7-9-15-13(4)17-14(12(2)3)10-8-11-16(17)18(15,5)6;2*1-2/h3-31,33-34H,32H2,1-2H3;7-12H,1-6H3;2*1-2H3/b;9-7-;;. The summed E-state index contributed by atoms with van der Waals surface area (Å²) >= 11 is 0. The smallest absolute Gasteiger partial charge is 0.0714 e. The van der Waals surface area contributed by atoms with Gasteiger partial charge in [0, 0.05) is 28.2 Å². The van der Waals surface area contributed by atoms with Crippen LogP contribution in [0, 0.1) is 0 Å². The van der Waals surface area contributed by atoms with Gasteiger partial charge in [-0.15, -0.1) is 0 Å². The Labute approximate surface area is 454 Å². The Morgan fingerprint density at radius 2 is 0.934 bits per heavy atom.